The van der Waals surface area contributed by atoms with E-state index >= 15 is 0 Å². The predicted molar refractivity (Wildman–Crippen MR) is 90.0 cm³/mol. The molecular weight excluding hydrogens is 336 g/mol. The van der Waals surface area contributed by atoms with Gasteiger partial charge in [0.25, 0.3) is 11.7 Å². The van der Waals surface area contributed by atoms with E-state index in [1.165, 1.54) is 6.33 Å². The maximum atomic E-state index is 5.94. The van der Waals surface area contributed by atoms with Crippen molar-refractivity contribution >= 4 is 5.78 Å². The van der Waals surface area contributed by atoms with Gasteiger partial charge in [-0.3, -0.25) is 0 Å². The topological polar surface area (TPSA) is 100 Å². The molecule has 0 spiro atoms. The zero-order valence-corrected chi connectivity index (χ0v) is 14.3. The van der Waals surface area contributed by atoms with Crippen LogP contribution in [0.3, 0.4) is 0 Å². The van der Waals surface area contributed by atoms with E-state index in [0.29, 0.717) is 34.9 Å². The highest BCUT2D eigenvalue weighted by molar-refractivity contribution is 5.37. The molecule has 0 saturated heterocycles. The Balaban J connectivity index is 1.48. The Morgan fingerprint density at radius 3 is 2.65 bits per heavy atom. The summed E-state index contributed by atoms with van der Waals surface area (Å²) in [4.78, 5) is 12.6. The average Bonchev–Trinajstić information content (AvgIpc) is 3.29. The van der Waals surface area contributed by atoms with E-state index in [9.17, 15) is 0 Å². The van der Waals surface area contributed by atoms with E-state index in [4.69, 9.17) is 14.0 Å². The molecule has 3 aromatic heterocycles. The predicted octanol–water partition coefficient (Wildman–Crippen LogP) is 2.75. The van der Waals surface area contributed by atoms with E-state index in [1.54, 1.807) is 23.6 Å². The van der Waals surface area contributed by atoms with Crippen LogP contribution in [-0.2, 0) is 13.0 Å². The lowest BCUT2D eigenvalue weighted by Gasteiger charge is -2.09. The molecule has 132 valence electrons. The van der Waals surface area contributed by atoms with E-state index < -0.39 is 0 Å². The monoisotopic (exact) mass is 352 g/mol. The van der Waals surface area contributed by atoms with E-state index in [0.717, 1.165) is 12.1 Å². The molecule has 0 N–H and O–H groups in total. The van der Waals surface area contributed by atoms with E-state index in [2.05, 4.69) is 25.2 Å². The number of hydrogen-bond donors (Lipinski definition) is 0. The number of aryl methyl sites for hydroxylation is 2. The van der Waals surface area contributed by atoms with Crippen molar-refractivity contribution in [2.75, 3.05) is 0 Å². The van der Waals surface area contributed by atoms with Crippen LogP contribution in [-0.4, -0.2) is 29.7 Å². The molecule has 0 aliphatic carbocycles. The fraction of sp³-hybridized carbons (Fsp3) is 0.235. The maximum Gasteiger partial charge on any atom is 0.264 e. The molecular formula is C17H16N6O3. The second-order valence-electron chi connectivity index (χ2n) is 5.51. The molecule has 4 aromatic rings. The van der Waals surface area contributed by atoms with Gasteiger partial charge in [-0.25, -0.2) is 4.98 Å². The van der Waals surface area contributed by atoms with Crippen molar-refractivity contribution in [3.8, 4) is 17.4 Å². The van der Waals surface area contributed by atoms with Crippen molar-refractivity contribution in [1.82, 2.24) is 29.7 Å². The molecule has 0 bridgehead atoms. The van der Waals surface area contributed by atoms with Gasteiger partial charge in [-0.05, 0) is 37.6 Å². The highest BCUT2D eigenvalue weighted by Crippen LogP contribution is 2.25. The standard InChI is InChI=1S/C17H16N6O3/c1-3-12-8-16(23-17(21-12)18-10-19-23)25-14-6-4-13(5-7-14)24-9-15-20-11(2)22-26-15/h4-8,10H,3,9H2,1-2H3. The summed E-state index contributed by atoms with van der Waals surface area (Å²) in [5.41, 5.74) is 0.885. The van der Waals surface area contributed by atoms with Crippen molar-refractivity contribution in [2.45, 2.75) is 26.9 Å². The Kier molecular flexibility index (Phi) is 4.18. The number of ether oxygens (including phenoxy) is 2. The van der Waals surface area contributed by atoms with Gasteiger partial charge in [0, 0.05) is 11.8 Å². The molecule has 26 heavy (non-hydrogen) atoms. The molecule has 0 radical (unpaired) electrons. The van der Waals surface area contributed by atoms with Gasteiger partial charge in [0.2, 0.25) is 5.88 Å². The third kappa shape index (κ3) is 3.32. The number of fused-ring (bicyclic) bond motifs is 1. The summed E-state index contributed by atoms with van der Waals surface area (Å²) in [6.45, 7) is 4.00. The van der Waals surface area contributed by atoms with Crippen LogP contribution in [0.2, 0.25) is 0 Å². The third-order valence-electron chi connectivity index (χ3n) is 3.61. The van der Waals surface area contributed by atoms with Gasteiger partial charge >= 0.3 is 0 Å². The number of nitrogens with zero attached hydrogens (tertiary/aromatic N) is 6. The van der Waals surface area contributed by atoms with Crippen molar-refractivity contribution in [3.63, 3.8) is 0 Å². The zero-order valence-electron chi connectivity index (χ0n) is 14.3. The smallest absolute Gasteiger partial charge is 0.264 e. The molecule has 0 aliphatic heterocycles. The summed E-state index contributed by atoms with van der Waals surface area (Å²) >= 11 is 0. The zero-order chi connectivity index (χ0) is 17.9. The first-order valence-electron chi connectivity index (χ1n) is 8.11. The molecule has 9 nitrogen and oxygen atoms in total. The molecule has 0 aliphatic rings. The Hall–Kier alpha value is -3.49. The quantitative estimate of drug-likeness (QED) is 0.522. The molecule has 0 fully saturated rings. The second-order valence-corrected chi connectivity index (χ2v) is 5.51. The van der Waals surface area contributed by atoms with Crippen molar-refractivity contribution in [1.29, 1.82) is 0 Å². The summed E-state index contributed by atoms with van der Waals surface area (Å²) in [6.07, 6.45) is 2.23. The van der Waals surface area contributed by atoms with Gasteiger partial charge in [0.15, 0.2) is 12.4 Å². The van der Waals surface area contributed by atoms with Gasteiger partial charge < -0.3 is 14.0 Å². The van der Waals surface area contributed by atoms with Gasteiger partial charge in [0.05, 0.1) is 0 Å². The summed E-state index contributed by atoms with van der Waals surface area (Å²) in [5.74, 6) is 3.39. The largest absolute Gasteiger partial charge is 0.484 e. The van der Waals surface area contributed by atoms with Gasteiger partial charge in [-0.2, -0.15) is 19.6 Å². The Morgan fingerprint density at radius 2 is 1.92 bits per heavy atom. The van der Waals surface area contributed by atoms with E-state index in [1.807, 2.05) is 25.1 Å². The molecule has 9 heteroatoms. The summed E-state index contributed by atoms with van der Waals surface area (Å²) in [7, 11) is 0. The van der Waals surface area contributed by atoms with Crippen LogP contribution < -0.4 is 9.47 Å². The normalized spacial score (nSPS) is 11.0. The number of benzene rings is 1. The van der Waals surface area contributed by atoms with Gasteiger partial charge in [-0.15, -0.1) is 0 Å². The average molecular weight is 352 g/mol. The van der Waals surface area contributed by atoms with Crippen LogP contribution in [0.15, 0.2) is 41.2 Å². The third-order valence-corrected chi connectivity index (χ3v) is 3.61. The van der Waals surface area contributed by atoms with Crippen LogP contribution in [0.5, 0.6) is 17.4 Å². The van der Waals surface area contributed by atoms with Gasteiger partial charge in [-0.1, -0.05) is 12.1 Å². The fourth-order valence-electron chi connectivity index (χ4n) is 2.35. The Bertz CT molecular complexity index is 1020. The lowest BCUT2D eigenvalue weighted by molar-refractivity contribution is 0.242. The number of rotatable bonds is 6. The molecule has 0 atom stereocenters. The minimum Gasteiger partial charge on any atom is -0.484 e. The second kappa shape index (κ2) is 6.79. The maximum absolute atomic E-state index is 5.94. The summed E-state index contributed by atoms with van der Waals surface area (Å²) in [6, 6.07) is 9.08. The highest BCUT2D eigenvalue weighted by atomic mass is 16.5. The summed E-state index contributed by atoms with van der Waals surface area (Å²) < 4.78 is 18.1. The van der Waals surface area contributed by atoms with Crippen LogP contribution in [0.4, 0.5) is 0 Å². The first-order chi connectivity index (χ1) is 12.7. The van der Waals surface area contributed by atoms with Crippen LogP contribution in [0.25, 0.3) is 5.78 Å². The van der Waals surface area contributed by atoms with Crippen molar-refractivity contribution in [2.24, 2.45) is 0 Å². The SMILES string of the molecule is CCc1cc(Oc2ccc(OCc3nc(C)no3)cc2)n2ncnc2n1. The number of hydrogen-bond acceptors (Lipinski definition) is 8. The minimum atomic E-state index is 0.213. The lowest BCUT2D eigenvalue weighted by atomic mass is 10.3. The highest BCUT2D eigenvalue weighted by Gasteiger charge is 2.09. The molecule has 0 saturated carbocycles. The molecule has 4 rings (SSSR count). The fourth-order valence-corrected chi connectivity index (χ4v) is 2.35. The van der Waals surface area contributed by atoms with Crippen molar-refractivity contribution in [3.05, 3.63) is 54.1 Å². The minimum absolute atomic E-state index is 0.213. The molecule has 3 heterocycles. The van der Waals surface area contributed by atoms with Crippen LogP contribution >= 0.6 is 0 Å². The van der Waals surface area contributed by atoms with Crippen molar-refractivity contribution < 1.29 is 14.0 Å². The van der Waals surface area contributed by atoms with Gasteiger partial charge in [0.1, 0.15) is 17.8 Å². The Morgan fingerprint density at radius 1 is 1.12 bits per heavy atom. The summed E-state index contributed by atoms with van der Waals surface area (Å²) in [5, 5.41) is 7.86. The molecule has 1 aromatic carbocycles. The first-order valence-corrected chi connectivity index (χ1v) is 8.11. The van der Waals surface area contributed by atoms with Crippen LogP contribution in [0.1, 0.15) is 24.3 Å². The lowest BCUT2D eigenvalue weighted by Crippen LogP contribution is -2.01. The van der Waals surface area contributed by atoms with Crippen LogP contribution in [0, 0.1) is 6.92 Å². The first kappa shape index (κ1) is 16.0. The Labute approximate surface area is 148 Å². The van der Waals surface area contributed by atoms with E-state index in [-0.39, 0.29) is 6.61 Å². The molecule has 0 amide bonds. The molecule has 0 unspecified atom stereocenters. The number of aromatic nitrogens is 6.